The van der Waals surface area contributed by atoms with Crippen molar-refractivity contribution < 1.29 is 9.47 Å². The SMILES string of the molecule is COc1ccc(C2=C(C)CCNC(Nc3nc(C4=CC=CNC4)nc4c3=CC(OC)CC=4)C2)cc1. The molecule has 0 bridgehead atoms. The highest BCUT2D eigenvalue weighted by atomic mass is 16.5. The molecule has 1 aromatic carbocycles. The van der Waals surface area contributed by atoms with Crippen LogP contribution in [0.1, 0.15) is 37.6 Å². The molecule has 35 heavy (non-hydrogen) atoms. The molecule has 7 heteroatoms. The van der Waals surface area contributed by atoms with Gasteiger partial charge in [0.2, 0.25) is 0 Å². The van der Waals surface area contributed by atoms with E-state index in [1.165, 1.54) is 16.7 Å². The quantitative estimate of drug-likeness (QED) is 0.598. The largest absolute Gasteiger partial charge is 0.497 e. The molecule has 3 aliphatic rings. The molecule has 2 aliphatic heterocycles. The molecule has 7 nitrogen and oxygen atoms in total. The van der Waals surface area contributed by atoms with Crippen molar-refractivity contribution in [3.63, 3.8) is 0 Å². The van der Waals surface area contributed by atoms with Gasteiger partial charge in [0.1, 0.15) is 11.6 Å². The van der Waals surface area contributed by atoms with Gasteiger partial charge in [-0.3, -0.25) is 5.32 Å². The van der Waals surface area contributed by atoms with Crippen LogP contribution >= 0.6 is 0 Å². The van der Waals surface area contributed by atoms with Gasteiger partial charge in [-0.2, -0.15) is 0 Å². The molecular formula is C28H33N5O2. The van der Waals surface area contributed by atoms with Crippen molar-refractivity contribution in [3.05, 3.63) is 70.1 Å². The molecule has 0 fully saturated rings. The topological polar surface area (TPSA) is 80.3 Å². The summed E-state index contributed by atoms with van der Waals surface area (Å²) in [7, 11) is 3.44. The van der Waals surface area contributed by atoms with Crippen LogP contribution in [0.3, 0.4) is 0 Å². The van der Waals surface area contributed by atoms with Gasteiger partial charge in [-0.05, 0) is 61.4 Å². The Bertz CT molecular complexity index is 1290. The monoisotopic (exact) mass is 471 g/mol. The number of hydrogen-bond acceptors (Lipinski definition) is 7. The van der Waals surface area contributed by atoms with E-state index in [-0.39, 0.29) is 12.3 Å². The Labute approximate surface area is 206 Å². The van der Waals surface area contributed by atoms with Gasteiger partial charge in [0, 0.05) is 37.4 Å². The van der Waals surface area contributed by atoms with Gasteiger partial charge >= 0.3 is 0 Å². The molecule has 5 rings (SSSR count). The van der Waals surface area contributed by atoms with Gasteiger partial charge in [0.05, 0.1) is 24.7 Å². The van der Waals surface area contributed by atoms with E-state index < -0.39 is 0 Å². The van der Waals surface area contributed by atoms with Crippen molar-refractivity contribution in [2.75, 3.05) is 32.6 Å². The van der Waals surface area contributed by atoms with Gasteiger partial charge in [0.25, 0.3) is 0 Å². The summed E-state index contributed by atoms with van der Waals surface area (Å²) in [6.45, 7) is 3.85. The third-order valence-electron chi connectivity index (χ3n) is 6.83. The normalized spacial score (nSPS) is 21.6. The average Bonchev–Trinajstić information content (AvgIpc) is 3.09. The number of nitrogens with zero attached hydrogens (tertiary/aromatic N) is 2. The molecule has 0 saturated heterocycles. The number of hydrogen-bond donors (Lipinski definition) is 3. The summed E-state index contributed by atoms with van der Waals surface area (Å²) >= 11 is 0. The minimum atomic E-state index is 0.0232. The third kappa shape index (κ3) is 5.16. The lowest BCUT2D eigenvalue weighted by atomic mass is 9.96. The lowest BCUT2D eigenvalue weighted by Crippen LogP contribution is -2.43. The van der Waals surface area contributed by atoms with Crippen LogP contribution in [0.5, 0.6) is 5.75 Å². The second kappa shape index (κ2) is 10.5. The second-order valence-corrected chi connectivity index (χ2v) is 9.10. The number of dihydropyridines is 1. The lowest BCUT2D eigenvalue weighted by Gasteiger charge is -2.23. The van der Waals surface area contributed by atoms with Crippen LogP contribution in [0, 0.1) is 0 Å². The van der Waals surface area contributed by atoms with Crippen LogP contribution < -0.4 is 31.3 Å². The smallest absolute Gasteiger partial charge is 0.159 e. The van der Waals surface area contributed by atoms with E-state index in [4.69, 9.17) is 19.4 Å². The molecule has 182 valence electrons. The Morgan fingerprint density at radius 2 is 1.97 bits per heavy atom. The van der Waals surface area contributed by atoms with Gasteiger partial charge in [-0.25, -0.2) is 9.97 Å². The summed E-state index contributed by atoms with van der Waals surface area (Å²) in [4.78, 5) is 9.89. The van der Waals surface area contributed by atoms with Gasteiger partial charge in [-0.15, -0.1) is 0 Å². The van der Waals surface area contributed by atoms with Crippen molar-refractivity contribution in [1.29, 1.82) is 0 Å². The Hall–Kier alpha value is -3.42. The van der Waals surface area contributed by atoms with Crippen molar-refractivity contribution in [1.82, 2.24) is 20.6 Å². The van der Waals surface area contributed by atoms with E-state index in [9.17, 15) is 0 Å². The summed E-state index contributed by atoms with van der Waals surface area (Å²) in [5.41, 5.74) is 5.06. The fraction of sp³-hybridized carbons (Fsp3) is 0.357. The molecule has 0 radical (unpaired) electrons. The van der Waals surface area contributed by atoms with E-state index in [1.807, 2.05) is 24.4 Å². The summed E-state index contributed by atoms with van der Waals surface area (Å²) < 4.78 is 11.0. The Morgan fingerprint density at radius 1 is 1.11 bits per heavy atom. The Kier molecular flexibility index (Phi) is 6.97. The minimum absolute atomic E-state index is 0.0232. The molecule has 0 spiro atoms. The molecule has 1 aliphatic carbocycles. The van der Waals surface area contributed by atoms with Crippen LogP contribution in [0.4, 0.5) is 5.82 Å². The number of anilines is 1. The number of aromatic nitrogens is 2. The van der Waals surface area contributed by atoms with Crippen LogP contribution in [-0.2, 0) is 4.74 Å². The van der Waals surface area contributed by atoms with Crippen molar-refractivity contribution >= 4 is 29.1 Å². The first kappa shape index (κ1) is 23.3. The molecule has 2 atom stereocenters. The first-order valence-corrected chi connectivity index (χ1v) is 12.2. The molecule has 3 heterocycles. The van der Waals surface area contributed by atoms with Crippen LogP contribution in [-0.4, -0.2) is 49.5 Å². The van der Waals surface area contributed by atoms with E-state index in [0.717, 1.165) is 59.3 Å². The fourth-order valence-corrected chi connectivity index (χ4v) is 4.78. The second-order valence-electron chi connectivity index (χ2n) is 9.10. The van der Waals surface area contributed by atoms with E-state index in [2.05, 4.69) is 53.2 Å². The van der Waals surface area contributed by atoms with E-state index >= 15 is 0 Å². The molecular weight excluding hydrogens is 438 g/mol. The number of allylic oxidation sites excluding steroid dienone is 2. The predicted molar refractivity (Wildman–Crippen MR) is 141 cm³/mol. The third-order valence-corrected chi connectivity index (χ3v) is 6.83. The first-order valence-electron chi connectivity index (χ1n) is 12.2. The maximum atomic E-state index is 5.63. The number of nitrogens with one attached hydrogen (secondary N) is 3. The fourth-order valence-electron chi connectivity index (χ4n) is 4.78. The summed E-state index contributed by atoms with van der Waals surface area (Å²) in [6, 6.07) is 8.35. The van der Waals surface area contributed by atoms with E-state index in [0.29, 0.717) is 6.54 Å². The zero-order valence-electron chi connectivity index (χ0n) is 20.6. The van der Waals surface area contributed by atoms with Crippen LogP contribution in [0.15, 0.2) is 48.2 Å². The van der Waals surface area contributed by atoms with Gasteiger partial charge in [0.15, 0.2) is 5.82 Å². The maximum absolute atomic E-state index is 5.63. The number of rotatable bonds is 6. The molecule has 2 aromatic rings. The minimum Gasteiger partial charge on any atom is -0.497 e. The Morgan fingerprint density at radius 3 is 2.71 bits per heavy atom. The molecule has 2 unspecified atom stereocenters. The van der Waals surface area contributed by atoms with Crippen LogP contribution in [0.2, 0.25) is 0 Å². The van der Waals surface area contributed by atoms with Crippen molar-refractivity contribution in [2.24, 2.45) is 0 Å². The zero-order chi connectivity index (χ0) is 24.2. The number of fused-ring (bicyclic) bond motifs is 1. The van der Waals surface area contributed by atoms with Crippen molar-refractivity contribution in [3.8, 4) is 5.75 Å². The summed E-state index contributed by atoms with van der Waals surface area (Å²) in [5, 5.41) is 12.6. The maximum Gasteiger partial charge on any atom is 0.159 e. The molecule has 3 N–H and O–H groups in total. The first-order chi connectivity index (χ1) is 17.1. The average molecular weight is 472 g/mol. The summed E-state index contributed by atoms with van der Waals surface area (Å²) in [6.07, 6.45) is 13.0. The van der Waals surface area contributed by atoms with Gasteiger partial charge < -0.3 is 20.1 Å². The summed E-state index contributed by atoms with van der Waals surface area (Å²) in [5.74, 6) is 2.46. The molecule has 0 saturated carbocycles. The zero-order valence-corrected chi connectivity index (χ0v) is 20.6. The highest BCUT2D eigenvalue weighted by molar-refractivity contribution is 5.70. The number of methoxy groups -OCH3 is 2. The van der Waals surface area contributed by atoms with Crippen LogP contribution in [0.25, 0.3) is 23.3 Å². The number of ether oxygens (including phenoxy) is 2. The molecule has 0 amide bonds. The van der Waals surface area contributed by atoms with Gasteiger partial charge in [-0.1, -0.05) is 29.9 Å². The molecule has 1 aromatic heterocycles. The predicted octanol–water partition coefficient (Wildman–Crippen LogP) is 2.56. The Balaban J connectivity index is 1.49. The van der Waals surface area contributed by atoms with E-state index in [1.54, 1.807) is 14.2 Å². The standard InChI is InChI=1S/C28H33N5O2/c1-18-12-14-30-26(16-23(18)19-6-8-21(34-2)9-7-19)32-28-24-15-22(35-3)10-11-25(24)31-27(33-28)20-5-4-13-29-17-20/h4-9,11,13,15,22,26,29-30H,10,12,14,16-17H2,1-3H3,(H,31,32,33). The lowest BCUT2D eigenvalue weighted by molar-refractivity contribution is 0.157. The number of benzene rings is 1. The highest BCUT2D eigenvalue weighted by Crippen LogP contribution is 2.29. The highest BCUT2D eigenvalue weighted by Gasteiger charge is 2.21. The van der Waals surface area contributed by atoms with Crippen molar-refractivity contribution in [2.45, 2.75) is 38.5 Å².